The van der Waals surface area contributed by atoms with Gasteiger partial charge in [0.15, 0.2) is 17.8 Å². The average molecular weight is 466 g/mol. The van der Waals surface area contributed by atoms with E-state index in [2.05, 4.69) is 10.3 Å². The highest BCUT2D eigenvalue weighted by Crippen LogP contribution is 2.34. The van der Waals surface area contributed by atoms with E-state index in [0.717, 1.165) is 12.8 Å². The highest BCUT2D eigenvalue weighted by Gasteiger charge is 2.34. The quantitative estimate of drug-likeness (QED) is 0.529. The number of nitrogens with zero attached hydrogens (tertiary/aromatic N) is 2. The molecule has 0 spiro atoms. The number of ether oxygens (including phenoxy) is 1. The van der Waals surface area contributed by atoms with E-state index in [1.54, 1.807) is 41.3 Å². The second-order valence-corrected chi connectivity index (χ2v) is 8.20. The van der Waals surface area contributed by atoms with Crippen LogP contribution in [-0.4, -0.2) is 35.5 Å². The summed E-state index contributed by atoms with van der Waals surface area (Å²) >= 11 is 0. The van der Waals surface area contributed by atoms with Crippen molar-refractivity contribution in [2.75, 3.05) is 11.4 Å². The summed E-state index contributed by atoms with van der Waals surface area (Å²) in [5.74, 6) is 0.338. The fraction of sp³-hybridized carbons (Fsp3) is 0.346. The van der Waals surface area contributed by atoms with Gasteiger partial charge in [-0.3, -0.25) is 9.59 Å². The minimum atomic E-state index is -0.797. The van der Waals surface area contributed by atoms with Crippen molar-refractivity contribution in [3.63, 3.8) is 0 Å². The average Bonchev–Trinajstić information content (AvgIpc) is 3.34. The van der Waals surface area contributed by atoms with Crippen molar-refractivity contribution >= 4 is 17.5 Å². The largest absolute Gasteiger partial charge is 0.477 e. The van der Waals surface area contributed by atoms with E-state index < -0.39 is 11.9 Å². The van der Waals surface area contributed by atoms with Crippen molar-refractivity contribution in [1.29, 1.82) is 0 Å². The van der Waals surface area contributed by atoms with Crippen LogP contribution in [0.25, 0.3) is 11.3 Å². The lowest BCUT2D eigenvalue weighted by molar-refractivity contribution is -0.129. The van der Waals surface area contributed by atoms with E-state index in [-0.39, 0.29) is 37.2 Å². The fourth-order valence-electron chi connectivity index (χ4n) is 3.95. The Morgan fingerprint density at radius 2 is 1.88 bits per heavy atom. The number of benzene rings is 2. The standard InChI is InChI=1S/C26H28FN3O4/c1-3-17(4-2)29-26(32)23-16-30(20-11-7-8-12-21(20)33-23)25(31)14-13-24-28-15-22(34-24)18-9-5-6-10-19(18)27/h5-12,15,17,23H,3-4,13-14,16H2,1-2H3,(H,29,32). The molecule has 1 N–H and O–H groups in total. The third-order valence-electron chi connectivity index (χ3n) is 5.94. The fourth-order valence-corrected chi connectivity index (χ4v) is 3.95. The van der Waals surface area contributed by atoms with Gasteiger partial charge in [0.1, 0.15) is 11.6 Å². The predicted molar refractivity (Wildman–Crippen MR) is 126 cm³/mol. The Kier molecular flexibility index (Phi) is 7.25. The number of hydrogen-bond acceptors (Lipinski definition) is 5. The topological polar surface area (TPSA) is 84.7 Å². The van der Waals surface area contributed by atoms with Gasteiger partial charge >= 0.3 is 0 Å². The van der Waals surface area contributed by atoms with Crippen LogP contribution in [0.5, 0.6) is 5.75 Å². The molecule has 0 fully saturated rings. The molecule has 0 bridgehead atoms. The van der Waals surface area contributed by atoms with Gasteiger partial charge in [-0.2, -0.15) is 0 Å². The zero-order valence-corrected chi connectivity index (χ0v) is 19.3. The SMILES string of the molecule is CCC(CC)NC(=O)C1CN(C(=O)CCc2ncc(-c3ccccc3F)o2)c2ccccc2O1. The molecule has 0 saturated heterocycles. The lowest BCUT2D eigenvalue weighted by atomic mass is 10.1. The first-order valence-corrected chi connectivity index (χ1v) is 11.6. The molecule has 2 amide bonds. The number of carbonyl (C=O) groups is 2. The van der Waals surface area contributed by atoms with Crippen LogP contribution in [0.2, 0.25) is 0 Å². The molecule has 8 heteroatoms. The van der Waals surface area contributed by atoms with Crippen LogP contribution < -0.4 is 15.0 Å². The second-order valence-electron chi connectivity index (χ2n) is 8.20. The molecule has 1 aliphatic heterocycles. The van der Waals surface area contributed by atoms with Gasteiger partial charge in [0.2, 0.25) is 5.91 Å². The van der Waals surface area contributed by atoms with Crippen LogP contribution in [0.15, 0.2) is 59.1 Å². The van der Waals surface area contributed by atoms with Gasteiger partial charge in [-0.25, -0.2) is 9.37 Å². The first kappa shape index (κ1) is 23.5. The molecular weight excluding hydrogens is 437 g/mol. The van der Waals surface area contributed by atoms with Gasteiger partial charge in [-0.15, -0.1) is 0 Å². The number of rotatable bonds is 8. The van der Waals surface area contributed by atoms with E-state index >= 15 is 0 Å². The maximum absolute atomic E-state index is 14.0. The van der Waals surface area contributed by atoms with Crippen LogP contribution >= 0.6 is 0 Å². The third-order valence-corrected chi connectivity index (χ3v) is 5.94. The summed E-state index contributed by atoms with van der Waals surface area (Å²) in [5.41, 5.74) is 0.944. The van der Waals surface area contributed by atoms with Crippen LogP contribution in [0, 0.1) is 5.82 Å². The Bertz CT molecular complexity index is 1160. The molecule has 3 aromatic rings. The molecule has 178 valence electrons. The van der Waals surface area contributed by atoms with Crippen molar-refractivity contribution in [3.05, 3.63) is 66.4 Å². The maximum atomic E-state index is 14.0. The lowest BCUT2D eigenvalue weighted by Crippen LogP contribution is -2.52. The Hall–Kier alpha value is -3.68. The predicted octanol–water partition coefficient (Wildman–Crippen LogP) is 4.51. The maximum Gasteiger partial charge on any atom is 0.263 e. The van der Waals surface area contributed by atoms with E-state index in [4.69, 9.17) is 9.15 Å². The number of halogens is 1. The summed E-state index contributed by atoms with van der Waals surface area (Å²) in [5, 5.41) is 3.00. The van der Waals surface area contributed by atoms with Crippen molar-refractivity contribution in [1.82, 2.24) is 10.3 Å². The first-order chi connectivity index (χ1) is 16.5. The molecule has 4 rings (SSSR count). The van der Waals surface area contributed by atoms with Crippen molar-refractivity contribution in [2.24, 2.45) is 0 Å². The molecule has 2 aromatic carbocycles. The summed E-state index contributed by atoms with van der Waals surface area (Å²) < 4.78 is 25.6. The number of anilines is 1. The minimum absolute atomic E-state index is 0.0612. The molecule has 0 aliphatic carbocycles. The summed E-state index contributed by atoms with van der Waals surface area (Å²) in [7, 11) is 0. The Morgan fingerprint density at radius 1 is 1.15 bits per heavy atom. The highest BCUT2D eigenvalue weighted by atomic mass is 19.1. The summed E-state index contributed by atoms with van der Waals surface area (Å²) in [6, 6.07) is 13.5. The number of nitrogens with one attached hydrogen (secondary N) is 1. The Morgan fingerprint density at radius 3 is 2.65 bits per heavy atom. The van der Waals surface area contributed by atoms with Crippen LogP contribution in [-0.2, 0) is 16.0 Å². The molecule has 2 heterocycles. The Labute approximate surface area is 197 Å². The number of hydrogen-bond donors (Lipinski definition) is 1. The van der Waals surface area contributed by atoms with Crippen LogP contribution in [0.4, 0.5) is 10.1 Å². The number of aryl methyl sites for hydroxylation is 1. The molecule has 1 aromatic heterocycles. The lowest BCUT2D eigenvalue weighted by Gasteiger charge is -2.34. The third kappa shape index (κ3) is 5.11. The van der Waals surface area contributed by atoms with Crippen molar-refractivity contribution in [2.45, 2.75) is 51.7 Å². The number of oxazole rings is 1. The molecule has 0 radical (unpaired) electrons. The number of para-hydroxylation sites is 2. The zero-order chi connectivity index (χ0) is 24.1. The number of aromatic nitrogens is 1. The molecule has 7 nitrogen and oxygen atoms in total. The normalized spacial score (nSPS) is 15.1. The molecule has 1 atom stereocenters. The summed E-state index contributed by atoms with van der Waals surface area (Å²) in [6.07, 6.45) is 2.66. The second kappa shape index (κ2) is 10.5. The van der Waals surface area contributed by atoms with Crippen molar-refractivity contribution < 1.29 is 23.1 Å². The zero-order valence-electron chi connectivity index (χ0n) is 19.3. The van der Waals surface area contributed by atoms with E-state index in [9.17, 15) is 14.0 Å². The van der Waals surface area contributed by atoms with Gasteiger partial charge in [-0.1, -0.05) is 38.1 Å². The van der Waals surface area contributed by atoms with E-state index in [0.29, 0.717) is 28.7 Å². The van der Waals surface area contributed by atoms with E-state index in [1.807, 2.05) is 19.9 Å². The monoisotopic (exact) mass is 465 g/mol. The summed E-state index contributed by atoms with van der Waals surface area (Å²) in [6.45, 7) is 4.15. The Balaban J connectivity index is 1.45. The molecule has 34 heavy (non-hydrogen) atoms. The van der Waals surface area contributed by atoms with Gasteiger partial charge in [0, 0.05) is 18.9 Å². The molecule has 1 aliphatic rings. The summed E-state index contributed by atoms with van der Waals surface area (Å²) in [4.78, 5) is 31.8. The van der Waals surface area contributed by atoms with Crippen molar-refractivity contribution in [3.8, 4) is 17.1 Å². The van der Waals surface area contributed by atoms with Crippen LogP contribution in [0.3, 0.4) is 0 Å². The van der Waals surface area contributed by atoms with Gasteiger partial charge in [-0.05, 0) is 37.1 Å². The highest BCUT2D eigenvalue weighted by molar-refractivity contribution is 5.97. The van der Waals surface area contributed by atoms with Crippen LogP contribution in [0.1, 0.15) is 39.0 Å². The number of carbonyl (C=O) groups excluding carboxylic acids is 2. The first-order valence-electron chi connectivity index (χ1n) is 11.6. The van der Waals surface area contributed by atoms with E-state index in [1.165, 1.54) is 12.3 Å². The molecule has 1 unspecified atom stereocenters. The molecule has 0 saturated carbocycles. The van der Waals surface area contributed by atoms with Gasteiger partial charge < -0.3 is 19.4 Å². The number of amides is 2. The van der Waals surface area contributed by atoms with Gasteiger partial charge in [0.05, 0.1) is 24.0 Å². The number of fused-ring (bicyclic) bond motifs is 1. The van der Waals surface area contributed by atoms with Gasteiger partial charge in [0.25, 0.3) is 5.91 Å². The molecular formula is C26H28FN3O4. The smallest absolute Gasteiger partial charge is 0.263 e. The minimum Gasteiger partial charge on any atom is -0.477 e.